The summed E-state index contributed by atoms with van der Waals surface area (Å²) >= 11 is 2.15. The van der Waals surface area contributed by atoms with Crippen LogP contribution in [-0.2, 0) is 0 Å². The van der Waals surface area contributed by atoms with Crippen LogP contribution in [0, 0.1) is 5.92 Å². The van der Waals surface area contributed by atoms with Crippen LogP contribution in [0.2, 0.25) is 0 Å². The van der Waals surface area contributed by atoms with Crippen LogP contribution < -0.4 is 5.32 Å². The van der Waals surface area contributed by atoms with Crippen molar-refractivity contribution in [2.45, 2.75) is 96.9 Å². The van der Waals surface area contributed by atoms with Crippen LogP contribution >= 0.6 is 11.8 Å². The molecule has 1 rings (SSSR count). The predicted octanol–water partition coefficient (Wildman–Crippen LogP) is 6.03. The molecule has 126 valence electrons. The number of thioether (sulfide) groups is 1. The molecular weight excluding hydrogens is 274 g/mol. The van der Waals surface area contributed by atoms with Crippen molar-refractivity contribution in [2.24, 2.45) is 5.92 Å². The van der Waals surface area contributed by atoms with Gasteiger partial charge in [0.15, 0.2) is 0 Å². The molecule has 2 atom stereocenters. The van der Waals surface area contributed by atoms with E-state index in [0.29, 0.717) is 0 Å². The molecule has 0 amide bonds. The molecule has 0 aliphatic carbocycles. The van der Waals surface area contributed by atoms with Crippen LogP contribution in [-0.4, -0.2) is 24.1 Å². The minimum absolute atomic E-state index is 0.805. The first-order valence-electron chi connectivity index (χ1n) is 9.69. The van der Waals surface area contributed by atoms with Gasteiger partial charge in [-0.25, -0.2) is 0 Å². The Kier molecular flexibility index (Phi) is 12.8. The Hall–Kier alpha value is 0.310. The van der Waals surface area contributed by atoms with Crippen LogP contribution in [0.3, 0.4) is 0 Å². The van der Waals surface area contributed by atoms with Crippen molar-refractivity contribution in [3.05, 3.63) is 0 Å². The fourth-order valence-electron chi connectivity index (χ4n) is 3.49. The van der Waals surface area contributed by atoms with Crippen molar-refractivity contribution in [2.75, 3.05) is 18.1 Å². The van der Waals surface area contributed by atoms with E-state index in [-0.39, 0.29) is 0 Å². The highest BCUT2D eigenvalue weighted by Gasteiger charge is 2.23. The first-order chi connectivity index (χ1) is 10.4. The highest BCUT2D eigenvalue weighted by molar-refractivity contribution is 7.99. The van der Waals surface area contributed by atoms with Crippen LogP contribution in [0.1, 0.15) is 90.9 Å². The lowest BCUT2D eigenvalue weighted by Gasteiger charge is -2.23. The van der Waals surface area contributed by atoms with Crippen molar-refractivity contribution in [1.82, 2.24) is 5.32 Å². The summed E-state index contributed by atoms with van der Waals surface area (Å²) in [5.74, 6) is 3.74. The Labute approximate surface area is 138 Å². The zero-order valence-corrected chi connectivity index (χ0v) is 15.5. The first kappa shape index (κ1) is 19.4. The normalized spacial score (nSPS) is 20.0. The van der Waals surface area contributed by atoms with Gasteiger partial charge in [0.1, 0.15) is 0 Å². The quantitative estimate of drug-likeness (QED) is 0.393. The molecule has 0 bridgehead atoms. The summed E-state index contributed by atoms with van der Waals surface area (Å²) in [5.41, 5.74) is 0. The van der Waals surface area contributed by atoms with Gasteiger partial charge in [-0.3, -0.25) is 0 Å². The molecule has 0 aromatic rings. The Morgan fingerprint density at radius 3 is 2.05 bits per heavy atom. The summed E-state index contributed by atoms with van der Waals surface area (Å²) in [4.78, 5) is 0. The second-order valence-corrected chi connectivity index (χ2v) is 7.91. The summed E-state index contributed by atoms with van der Waals surface area (Å²) in [6.07, 6.45) is 17.4. The van der Waals surface area contributed by atoms with Crippen molar-refractivity contribution >= 4 is 11.8 Å². The minimum atomic E-state index is 0.805. The standard InChI is InChI=1S/C19H39NS/c1-3-5-6-7-8-9-10-11-12-13-14-19(20-4-2)18-15-16-21-17-18/h18-20H,3-17H2,1-2H3. The van der Waals surface area contributed by atoms with Crippen LogP contribution in [0.15, 0.2) is 0 Å². The molecule has 0 radical (unpaired) electrons. The van der Waals surface area contributed by atoms with Crippen LogP contribution in [0.4, 0.5) is 0 Å². The fraction of sp³-hybridized carbons (Fsp3) is 1.00. The fourth-order valence-corrected chi connectivity index (χ4v) is 4.83. The van der Waals surface area contributed by atoms with E-state index in [0.717, 1.165) is 18.5 Å². The molecule has 0 aromatic heterocycles. The predicted molar refractivity (Wildman–Crippen MR) is 99.4 cm³/mol. The highest BCUT2D eigenvalue weighted by atomic mass is 32.2. The number of unbranched alkanes of at least 4 members (excludes halogenated alkanes) is 9. The van der Waals surface area contributed by atoms with Gasteiger partial charge in [-0.1, -0.05) is 78.1 Å². The van der Waals surface area contributed by atoms with E-state index in [1.54, 1.807) is 0 Å². The van der Waals surface area contributed by atoms with Gasteiger partial charge in [0.2, 0.25) is 0 Å². The third-order valence-electron chi connectivity index (χ3n) is 4.87. The number of hydrogen-bond donors (Lipinski definition) is 1. The van der Waals surface area contributed by atoms with Gasteiger partial charge in [-0.15, -0.1) is 0 Å². The smallest absolute Gasteiger partial charge is 0.0103 e. The van der Waals surface area contributed by atoms with Gasteiger partial charge in [-0.2, -0.15) is 11.8 Å². The maximum Gasteiger partial charge on any atom is 0.0103 e. The van der Waals surface area contributed by atoms with E-state index in [2.05, 4.69) is 30.9 Å². The molecule has 2 heteroatoms. The molecule has 1 aliphatic rings. The lowest BCUT2D eigenvalue weighted by atomic mass is 9.93. The average molecular weight is 314 g/mol. The average Bonchev–Trinajstić information content (AvgIpc) is 3.02. The molecule has 0 saturated carbocycles. The largest absolute Gasteiger partial charge is 0.314 e. The van der Waals surface area contributed by atoms with E-state index in [1.165, 1.54) is 88.6 Å². The van der Waals surface area contributed by atoms with Crippen molar-refractivity contribution < 1.29 is 0 Å². The molecule has 21 heavy (non-hydrogen) atoms. The summed E-state index contributed by atoms with van der Waals surface area (Å²) in [6.45, 7) is 5.70. The summed E-state index contributed by atoms with van der Waals surface area (Å²) in [6, 6.07) is 0.805. The maximum absolute atomic E-state index is 3.74. The third-order valence-corrected chi connectivity index (χ3v) is 6.06. The second kappa shape index (κ2) is 13.9. The Morgan fingerprint density at radius 1 is 0.905 bits per heavy atom. The van der Waals surface area contributed by atoms with E-state index in [9.17, 15) is 0 Å². The maximum atomic E-state index is 3.74. The van der Waals surface area contributed by atoms with E-state index < -0.39 is 0 Å². The lowest BCUT2D eigenvalue weighted by molar-refractivity contribution is 0.356. The minimum Gasteiger partial charge on any atom is -0.314 e. The molecule has 0 aromatic carbocycles. The molecule has 1 fully saturated rings. The van der Waals surface area contributed by atoms with Crippen molar-refractivity contribution in [3.8, 4) is 0 Å². The Morgan fingerprint density at radius 2 is 1.52 bits per heavy atom. The number of nitrogens with one attached hydrogen (secondary N) is 1. The second-order valence-electron chi connectivity index (χ2n) is 6.76. The monoisotopic (exact) mass is 313 g/mol. The van der Waals surface area contributed by atoms with E-state index in [1.807, 2.05) is 0 Å². The van der Waals surface area contributed by atoms with Gasteiger partial charge < -0.3 is 5.32 Å². The number of hydrogen-bond acceptors (Lipinski definition) is 2. The van der Waals surface area contributed by atoms with Gasteiger partial charge in [0.25, 0.3) is 0 Å². The molecule has 1 saturated heterocycles. The topological polar surface area (TPSA) is 12.0 Å². The zero-order valence-electron chi connectivity index (χ0n) is 14.7. The Bertz CT molecular complexity index is 214. The van der Waals surface area contributed by atoms with Crippen LogP contribution in [0.25, 0.3) is 0 Å². The molecule has 1 nitrogen and oxygen atoms in total. The molecule has 1 aliphatic heterocycles. The third kappa shape index (κ3) is 9.84. The summed E-state index contributed by atoms with van der Waals surface area (Å²) in [7, 11) is 0. The van der Waals surface area contributed by atoms with Gasteiger partial charge >= 0.3 is 0 Å². The van der Waals surface area contributed by atoms with Gasteiger partial charge in [0, 0.05) is 6.04 Å². The SMILES string of the molecule is CCCCCCCCCCCCC(NCC)C1CCSC1. The summed E-state index contributed by atoms with van der Waals surface area (Å²) in [5, 5.41) is 3.74. The number of rotatable bonds is 14. The van der Waals surface area contributed by atoms with E-state index in [4.69, 9.17) is 0 Å². The lowest BCUT2D eigenvalue weighted by Crippen LogP contribution is -2.36. The molecular formula is C19H39NS. The molecule has 2 unspecified atom stereocenters. The Balaban J connectivity index is 1.91. The zero-order chi connectivity index (χ0) is 15.2. The molecule has 1 N–H and O–H groups in total. The highest BCUT2D eigenvalue weighted by Crippen LogP contribution is 2.28. The first-order valence-corrected chi connectivity index (χ1v) is 10.8. The van der Waals surface area contributed by atoms with Gasteiger partial charge in [0.05, 0.1) is 0 Å². The van der Waals surface area contributed by atoms with Crippen LogP contribution in [0.5, 0.6) is 0 Å². The molecule has 0 spiro atoms. The van der Waals surface area contributed by atoms with Crippen molar-refractivity contribution in [1.29, 1.82) is 0 Å². The van der Waals surface area contributed by atoms with Crippen molar-refractivity contribution in [3.63, 3.8) is 0 Å². The van der Waals surface area contributed by atoms with Gasteiger partial charge in [-0.05, 0) is 36.8 Å². The van der Waals surface area contributed by atoms with E-state index >= 15 is 0 Å². The molecule has 1 heterocycles. The summed E-state index contributed by atoms with van der Waals surface area (Å²) < 4.78 is 0.